The average molecular weight is 195 g/mol. The summed E-state index contributed by atoms with van der Waals surface area (Å²) in [6, 6.07) is 1.42. The average Bonchev–Trinajstić information content (AvgIpc) is 2.12. The number of hydrogen-bond donors (Lipinski definition) is 1. The van der Waals surface area contributed by atoms with Crippen molar-refractivity contribution in [2.45, 2.75) is 20.3 Å². The summed E-state index contributed by atoms with van der Waals surface area (Å²) in [5, 5.41) is 0. The molecule has 1 rings (SSSR count). The summed E-state index contributed by atoms with van der Waals surface area (Å²) in [7, 11) is 0. The largest absolute Gasteiger partial charge is 0.466 e. The van der Waals surface area contributed by atoms with Crippen molar-refractivity contribution in [1.29, 1.82) is 0 Å². The first-order valence-electron chi connectivity index (χ1n) is 4.47. The molecule has 76 valence electrons. The number of rotatable bonds is 3. The van der Waals surface area contributed by atoms with E-state index in [2.05, 4.69) is 4.98 Å². The van der Waals surface area contributed by atoms with Gasteiger partial charge in [0.05, 0.1) is 13.0 Å². The minimum Gasteiger partial charge on any atom is -0.466 e. The van der Waals surface area contributed by atoms with Gasteiger partial charge in [0.15, 0.2) is 0 Å². The van der Waals surface area contributed by atoms with Gasteiger partial charge in [0.2, 0.25) is 5.56 Å². The Hall–Kier alpha value is -1.58. The molecule has 0 amide bonds. The number of pyridine rings is 1. The number of hydrogen-bond acceptors (Lipinski definition) is 3. The van der Waals surface area contributed by atoms with Gasteiger partial charge >= 0.3 is 5.97 Å². The van der Waals surface area contributed by atoms with E-state index in [-0.39, 0.29) is 17.9 Å². The van der Waals surface area contributed by atoms with Crippen molar-refractivity contribution in [1.82, 2.24) is 4.98 Å². The molecule has 0 radical (unpaired) electrons. The first kappa shape index (κ1) is 10.5. The third kappa shape index (κ3) is 2.73. The number of carbonyl (C=O) groups is 1. The highest BCUT2D eigenvalue weighted by molar-refractivity contribution is 5.72. The van der Waals surface area contributed by atoms with Crippen LogP contribution < -0.4 is 5.56 Å². The maximum Gasteiger partial charge on any atom is 0.310 e. The van der Waals surface area contributed by atoms with Crippen LogP contribution in [0.15, 0.2) is 17.1 Å². The number of aromatic amines is 1. The highest BCUT2D eigenvalue weighted by Gasteiger charge is 2.06. The van der Waals surface area contributed by atoms with Gasteiger partial charge in [0, 0.05) is 12.3 Å². The van der Waals surface area contributed by atoms with Gasteiger partial charge in [-0.1, -0.05) is 0 Å². The van der Waals surface area contributed by atoms with Crippen LogP contribution in [0.2, 0.25) is 0 Å². The van der Waals surface area contributed by atoms with Crippen LogP contribution >= 0.6 is 0 Å². The molecule has 0 aliphatic carbocycles. The van der Waals surface area contributed by atoms with Crippen LogP contribution in [0.1, 0.15) is 18.1 Å². The number of aryl methyl sites for hydroxylation is 1. The smallest absolute Gasteiger partial charge is 0.310 e. The predicted molar refractivity (Wildman–Crippen MR) is 52.1 cm³/mol. The molecule has 1 aromatic rings. The van der Waals surface area contributed by atoms with Crippen LogP contribution in [-0.4, -0.2) is 17.6 Å². The second-order valence-electron chi connectivity index (χ2n) is 2.99. The molecule has 0 fully saturated rings. The Morgan fingerprint density at radius 3 is 2.93 bits per heavy atom. The lowest BCUT2D eigenvalue weighted by atomic mass is 10.1. The number of ether oxygens (including phenoxy) is 1. The number of nitrogens with one attached hydrogen (secondary N) is 1. The fourth-order valence-electron chi connectivity index (χ4n) is 1.14. The monoisotopic (exact) mass is 195 g/mol. The maximum absolute atomic E-state index is 11.1. The van der Waals surface area contributed by atoms with E-state index < -0.39 is 0 Å². The lowest BCUT2D eigenvalue weighted by Gasteiger charge is -2.04. The molecular formula is C10H13NO3. The minimum atomic E-state index is -0.304. The third-order valence-electron chi connectivity index (χ3n) is 1.88. The van der Waals surface area contributed by atoms with E-state index in [1.165, 1.54) is 6.07 Å². The van der Waals surface area contributed by atoms with Gasteiger partial charge in [0.1, 0.15) is 0 Å². The molecule has 1 aromatic heterocycles. The Bertz CT molecular complexity index is 381. The molecule has 0 saturated heterocycles. The fourth-order valence-corrected chi connectivity index (χ4v) is 1.14. The Labute approximate surface area is 81.9 Å². The molecule has 0 aromatic carbocycles. The van der Waals surface area contributed by atoms with Crippen LogP contribution in [0.5, 0.6) is 0 Å². The molecule has 0 aliphatic heterocycles. The van der Waals surface area contributed by atoms with Gasteiger partial charge in [-0.05, 0) is 25.0 Å². The Morgan fingerprint density at radius 1 is 1.57 bits per heavy atom. The summed E-state index contributed by atoms with van der Waals surface area (Å²) in [6.07, 6.45) is 1.75. The first-order chi connectivity index (χ1) is 6.63. The van der Waals surface area contributed by atoms with Gasteiger partial charge in [-0.25, -0.2) is 0 Å². The Balaban J connectivity index is 2.80. The number of aromatic nitrogens is 1. The van der Waals surface area contributed by atoms with Crippen molar-refractivity contribution in [3.63, 3.8) is 0 Å². The van der Waals surface area contributed by atoms with Gasteiger partial charge in [0.25, 0.3) is 0 Å². The summed E-state index contributed by atoms with van der Waals surface area (Å²) >= 11 is 0. The SMILES string of the molecule is CCOC(=O)Cc1cc(=O)[nH]cc1C. The zero-order valence-electron chi connectivity index (χ0n) is 8.29. The molecule has 4 nitrogen and oxygen atoms in total. The summed E-state index contributed by atoms with van der Waals surface area (Å²) < 4.78 is 4.79. The third-order valence-corrected chi connectivity index (χ3v) is 1.88. The van der Waals surface area contributed by atoms with Crippen molar-refractivity contribution >= 4 is 5.97 Å². The molecule has 1 N–H and O–H groups in total. The Kier molecular flexibility index (Phi) is 3.45. The van der Waals surface area contributed by atoms with Crippen LogP contribution in [0, 0.1) is 6.92 Å². The molecular weight excluding hydrogens is 182 g/mol. The number of H-pyrrole nitrogens is 1. The zero-order chi connectivity index (χ0) is 10.6. The van der Waals surface area contributed by atoms with E-state index >= 15 is 0 Å². The summed E-state index contributed by atoms with van der Waals surface area (Å²) in [5.74, 6) is -0.304. The van der Waals surface area contributed by atoms with Crippen LogP contribution in [0.3, 0.4) is 0 Å². The standard InChI is InChI=1S/C10H13NO3/c1-3-14-10(13)5-8-4-9(12)11-6-7(8)2/h4,6H,3,5H2,1-2H3,(H,11,12). The van der Waals surface area contributed by atoms with Crippen molar-refractivity contribution in [3.8, 4) is 0 Å². The number of carbonyl (C=O) groups excluding carboxylic acids is 1. The zero-order valence-corrected chi connectivity index (χ0v) is 8.29. The molecule has 4 heteroatoms. The topological polar surface area (TPSA) is 59.2 Å². The first-order valence-corrected chi connectivity index (χ1v) is 4.47. The normalized spacial score (nSPS) is 9.86. The van der Waals surface area contributed by atoms with Crippen LogP contribution in [-0.2, 0) is 16.0 Å². The molecule has 0 spiro atoms. The van der Waals surface area contributed by atoms with Crippen molar-refractivity contribution in [2.24, 2.45) is 0 Å². The van der Waals surface area contributed by atoms with Gasteiger partial charge < -0.3 is 9.72 Å². The molecule has 0 saturated carbocycles. The fraction of sp³-hybridized carbons (Fsp3) is 0.400. The maximum atomic E-state index is 11.1. The van der Waals surface area contributed by atoms with Gasteiger partial charge in [-0.3, -0.25) is 9.59 Å². The van der Waals surface area contributed by atoms with Crippen molar-refractivity contribution in [2.75, 3.05) is 6.61 Å². The van der Waals surface area contributed by atoms with E-state index in [0.29, 0.717) is 12.2 Å². The second-order valence-corrected chi connectivity index (χ2v) is 2.99. The van der Waals surface area contributed by atoms with E-state index in [4.69, 9.17) is 4.74 Å². The molecule has 1 heterocycles. The van der Waals surface area contributed by atoms with E-state index in [1.54, 1.807) is 13.1 Å². The van der Waals surface area contributed by atoms with Gasteiger partial charge in [-0.2, -0.15) is 0 Å². The predicted octanol–water partition coefficient (Wildman–Crippen LogP) is 0.789. The molecule has 0 bridgehead atoms. The lowest BCUT2D eigenvalue weighted by molar-refractivity contribution is -0.142. The quantitative estimate of drug-likeness (QED) is 0.725. The van der Waals surface area contributed by atoms with Gasteiger partial charge in [-0.15, -0.1) is 0 Å². The summed E-state index contributed by atoms with van der Waals surface area (Å²) in [4.78, 5) is 24.7. The second kappa shape index (κ2) is 4.60. The molecule has 0 atom stereocenters. The lowest BCUT2D eigenvalue weighted by Crippen LogP contribution is -2.12. The van der Waals surface area contributed by atoms with Crippen molar-refractivity contribution in [3.05, 3.63) is 33.7 Å². The summed E-state index contributed by atoms with van der Waals surface area (Å²) in [6.45, 7) is 3.95. The molecule has 0 unspecified atom stereocenters. The van der Waals surface area contributed by atoms with E-state index in [9.17, 15) is 9.59 Å². The Morgan fingerprint density at radius 2 is 2.29 bits per heavy atom. The van der Waals surface area contributed by atoms with E-state index in [0.717, 1.165) is 5.56 Å². The molecule has 14 heavy (non-hydrogen) atoms. The minimum absolute atomic E-state index is 0.156. The van der Waals surface area contributed by atoms with E-state index in [1.807, 2.05) is 6.92 Å². The van der Waals surface area contributed by atoms with Crippen LogP contribution in [0.25, 0.3) is 0 Å². The number of esters is 1. The van der Waals surface area contributed by atoms with Crippen molar-refractivity contribution < 1.29 is 9.53 Å². The molecule has 0 aliphatic rings. The highest BCUT2D eigenvalue weighted by Crippen LogP contribution is 2.04. The highest BCUT2D eigenvalue weighted by atomic mass is 16.5. The van der Waals surface area contributed by atoms with Crippen LogP contribution in [0.4, 0.5) is 0 Å². The summed E-state index contributed by atoms with van der Waals surface area (Å²) in [5.41, 5.74) is 1.40.